The molecule has 2 amide bonds. The van der Waals surface area contributed by atoms with Gasteiger partial charge < -0.3 is 15.1 Å². The molecular weight excluding hydrogens is 359 g/mol. The third-order valence-electron chi connectivity index (χ3n) is 4.83. The number of halogens is 1. The van der Waals surface area contributed by atoms with Crippen LogP contribution in [0, 0.1) is 5.82 Å². The maximum absolute atomic E-state index is 13.0. The molecule has 1 aromatic heterocycles. The van der Waals surface area contributed by atoms with Gasteiger partial charge in [-0.2, -0.15) is 0 Å². The van der Waals surface area contributed by atoms with E-state index in [0.717, 1.165) is 24.3 Å². The number of benzene rings is 1. The smallest absolute Gasteiger partial charge is 0.222 e. The van der Waals surface area contributed by atoms with Gasteiger partial charge in [-0.05, 0) is 42.3 Å². The third kappa shape index (κ3) is 5.77. The van der Waals surface area contributed by atoms with Crippen LogP contribution in [0.2, 0.25) is 0 Å². The Morgan fingerprint density at radius 2 is 1.79 bits per heavy atom. The summed E-state index contributed by atoms with van der Waals surface area (Å²) < 4.78 is 13.0. The summed E-state index contributed by atoms with van der Waals surface area (Å²) in [5.74, 6) is -0.223. The molecule has 7 heteroatoms. The minimum Gasteiger partial charge on any atom is -0.368 e. The van der Waals surface area contributed by atoms with E-state index in [1.54, 1.807) is 24.5 Å². The number of hydrogen-bond donors (Lipinski definition) is 1. The monoisotopic (exact) mass is 384 g/mol. The normalized spacial score (nSPS) is 14.0. The first-order valence-corrected chi connectivity index (χ1v) is 9.56. The third-order valence-corrected chi connectivity index (χ3v) is 4.83. The van der Waals surface area contributed by atoms with E-state index in [9.17, 15) is 14.0 Å². The fourth-order valence-electron chi connectivity index (χ4n) is 3.22. The molecule has 0 saturated carbocycles. The van der Waals surface area contributed by atoms with Gasteiger partial charge in [-0.15, -0.1) is 0 Å². The standard InChI is InChI=1S/C21H25FN4O2/c22-18-6-8-19(9-7-18)25-11-13-26(14-12-25)21(28)5-1-4-20(27)24-16-17-3-2-10-23-15-17/h2-3,6-10,15H,1,4-5,11-14,16H2,(H,24,27). The molecule has 0 spiro atoms. The summed E-state index contributed by atoms with van der Waals surface area (Å²) in [6.45, 7) is 3.19. The van der Waals surface area contributed by atoms with Gasteiger partial charge in [0.15, 0.2) is 0 Å². The van der Waals surface area contributed by atoms with E-state index in [1.807, 2.05) is 17.0 Å². The summed E-state index contributed by atoms with van der Waals surface area (Å²) in [5.41, 5.74) is 1.92. The van der Waals surface area contributed by atoms with E-state index in [4.69, 9.17) is 0 Å². The van der Waals surface area contributed by atoms with Crippen LogP contribution in [0.4, 0.5) is 10.1 Å². The molecule has 1 N–H and O–H groups in total. The van der Waals surface area contributed by atoms with Gasteiger partial charge in [-0.1, -0.05) is 6.07 Å². The topological polar surface area (TPSA) is 65.5 Å². The highest BCUT2D eigenvalue weighted by Gasteiger charge is 2.21. The minimum atomic E-state index is -0.248. The van der Waals surface area contributed by atoms with Crippen LogP contribution in [-0.2, 0) is 16.1 Å². The summed E-state index contributed by atoms with van der Waals surface area (Å²) >= 11 is 0. The molecule has 1 aliphatic heterocycles. The summed E-state index contributed by atoms with van der Waals surface area (Å²) in [6, 6.07) is 10.2. The van der Waals surface area contributed by atoms with Crippen LogP contribution in [0.1, 0.15) is 24.8 Å². The van der Waals surface area contributed by atoms with Crippen molar-refractivity contribution in [2.75, 3.05) is 31.1 Å². The average molecular weight is 384 g/mol. The number of nitrogens with zero attached hydrogens (tertiary/aromatic N) is 3. The average Bonchev–Trinajstić information content (AvgIpc) is 2.73. The van der Waals surface area contributed by atoms with Crippen molar-refractivity contribution in [3.8, 4) is 0 Å². The number of rotatable bonds is 7. The molecule has 0 aliphatic carbocycles. The fourth-order valence-corrected chi connectivity index (χ4v) is 3.22. The van der Waals surface area contributed by atoms with Gasteiger partial charge in [0.05, 0.1) is 0 Å². The highest BCUT2D eigenvalue weighted by molar-refractivity contribution is 5.79. The van der Waals surface area contributed by atoms with Crippen LogP contribution in [-0.4, -0.2) is 47.9 Å². The number of carbonyl (C=O) groups excluding carboxylic acids is 2. The van der Waals surface area contributed by atoms with E-state index in [2.05, 4.69) is 15.2 Å². The zero-order valence-corrected chi connectivity index (χ0v) is 15.8. The van der Waals surface area contributed by atoms with Gasteiger partial charge >= 0.3 is 0 Å². The number of nitrogens with one attached hydrogen (secondary N) is 1. The first-order valence-electron chi connectivity index (χ1n) is 9.56. The molecule has 0 atom stereocenters. The van der Waals surface area contributed by atoms with Crippen molar-refractivity contribution in [1.29, 1.82) is 0 Å². The van der Waals surface area contributed by atoms with Gasteiger partial charge in [0.1, 0.15) is 5.82 Å². The van der Waals surface area contributed by atoms with Crippen molar-refractivity contribution < 1.29 is 14.0 Å². The van der Waals surface area contributed by atoms with E-state index in [0.29, 0.717) is 38.9 Å². The Kier molecular flexibility index (Phi) is 6.94. The zero-order chi connectivity index (χ0) is 19.8. The van der Waals surface area contributed by atoms with Crippen molar-refractivity contribution in [3.05, 3.63) is 60.2 Å². The molecule has 1 fully saturated rings. The molecule has 1 aliphatic rings. The molecular formula is C21H25FN4O2. The van der Waals surface area contributed by atoms with E-state index >= 15 is 0 Å². The molecule has 2 heterocycles. The van der Waals surface area contributed by atoms with Crippen molar-refractivity contribution in [2.45, 2.75) is 25.8 Å². The Morgan fingerprint density at radius 3 is 2.46 bits per heavy atom. The molecule has 0 radical (unpaired) electrons. The molecule has 28 heavy (non-hydrogen) atoms. The number of carbonyl (C=O) groups is 2. The van der Waals surface area contributed by atoms with E-state index in [-0.39, 0.29) is 17.6 Å². The molecule has 0 unspecified atom stereocenters. The van der Waals surface area contributed by atoms with Gasteiger partial charge in [-0.25, -0.2) is 4.39 Å². The lowest BCUT2D eigenvalue weighted by Crippen LogP contribution is -2.48. The Hall–Kier alpha value is -2.96. The van der Waals surface area contributed by atoms with Crippen LogP contribution in [0.3, 0.4) is 0 Å². The molecule has 1 saturated heterocycles. The Morgan fingerprint density at radius 1 is 1.04 bits per heavy atom. The second kappa shape index (κ2) is 9.82. The summed E-state index contributed by atoms with van der Waals surface area (Å²) in [4.78, 5) is 32.3. The summed E-state index contributed by atoms with van der Waals surface area (Å²) in [6.07, 6.45) is 4.65. The number of piperazine rings is 1. The highest BCUT2D eigenvalue weighted by atomic mass is 19.1. The van der Waals surface area contributed by atoms with Crippen molar-refractivity contribution in [1.82, 2.24) is 15.2 Å². The Bertz CT molecular complexity index is 775. The maximum atomic E-state index is 13.0. The maximum Gasteiger partial charge on any atom is 0.222 e. The first kappa shape index (κ1) is 19.8. The van der Waals surface area contributed by atoms with Crippen LogP contribution in [0.5, 0.6) is 0 Å². The Labute approximate surface area is 164 Å². The Balaban J connectivity index is 1.33. The number of aromatic nitrogens is 1. The molecule has 0 bridgehead atoms. The van der Waals surface area contributed by atoms with Crippen LogP contribution < -0.4 is 10.2 Å². The number of anilines is 1. The predicted molar refractivity (Wildman–Crippen MR) is 105 cm³/mol. The number of amides is 2. The van der Waals surface area contributed by atoms with Crippen LogP contribution >= 0.6 is 0 Å². The lowest BCUT2D eigenvalue weighted by atomic mass is 10.2. The van der Waals surface area contributed by atoms with Crippen LogP contribution in [0.15, 0.2) is 48.8 Å². The van der Waals surface area contributed by atoms with Crippen molar-refractivity contribution >= 4 is 17.5 Å². The highest BCUT2D eigenvalue weighted by Crippen LogP contribution is 2.17. The lowest BCUT2D eigenvalue weighted by molar-refractivity contribution is -0.131. The van der Waals surface area contributed by atoms with Crippen molar-refractivity contribution in [3.63, 3.8) is 0 Å². The zero-order valence-electron chi connectivity index (χ0n) is 15.8. The molecule has 6 nitrogen and oxygen atoms in total. The van der Waals surface area contributed by atoms with E-state index in [1.165, 1.54) is 12.1 Å². The fraction of sp³-hybridized carbons (Fsp3) is 0.381. The SMILES string of the molecule is O=C(CCCC(=O)N1CCN(c2ccc(F)cc2)CC1)NCc1cccnc1. The first-order chi connectivity index (χ1) is 13.6. The summed E-state index contributed by atoms with van der Waals surface area (Å²) in [5, 5.41) is 2.84. The van der Waals surface area contributed by atoms with E-state index < -0.39 is 0 Å². The molecule has 1 aromatic carbocycles. The minimum absolute atomic E-state index is 0.0576. The lowest BCUT2D eigenvalue weighted by Gasteiger charge is -2.36. The number of pyridine rings is 1. The predicted octanol–water partition coefficient (Wildman–Crippen LogP) is 2.36. The molecule has 3 rings (SSSR count). The second-order valence-corrected chi connectivity index (χ2v) is 6.84. The van der Waals surface area contributed by atoms with Gasteiger partial charge in [0, 0.05) is 63.6 Å². The molecule has 2 aromatic rings. The quantitative estimate of drug-likeness (QED) is 0.796. The van der Waals surface area contributed by atoms with Crippen molar-refractivity contribution in [2.24, 2.45) is 0 Å². The van der Waals surface area contributed by atoms with Gasteiger partial charge in [0.2, 0.25) is 11.8 Å². The second-order valence-electron chi connectivity index (χ2n) is 6.84. The van der Waals surface area contributed by atoms with Gasteiger partial charge in [-0.3, -0.25) is 14.6 Å². The summed E-state index contributed by atoms with van der Waals surface area (Å²) in [7, 11) is 0. The number of hydrogen-bond acceptors (Lipinski definition) is 4. The van der Waals surface area contributed by atoms with Gasteiger partial charge in [0.25, 0.3) is 0 Å². The van der Waals surface area contributed by atoms with Crippen LogP contribution in [0.25, 0.3) is 0 Å². The largest absolute Gasteiger partial charge is 0.368 e. The molecule has 148 valence electrons.